The molecule has 0 aromatic heterocycles. The van der Waals surface area contributed by atoms with Gasteiger partial charge in [-0.25, -0.2) is 8.42 Å². The second-order valence-electron chi connectivity index (χ2n) is 8.74. The van der Waals surface area contributed by atoms with Gasteiger partial charge in [0, 0.05) is 32.3 Å². The monoisotopic (exact) mass is 392 g/mol. The molecule has 150 valence electrons. The summed E-state index contributed by atoms with van der Waals surface area (Å²) in [5.41, 5.74) is 1.95. The Morgan fingerprint density at radius 2 is 1.78 bits per heavy atom. The van der Waals surface area contributed by atoms with E-state index >= 15 is 0 Å². The van der Waals surface area contributed by atoms with Crippen molar-refractivity contribution < 1.29 is 13.2 Å². The number of aryl methyl sites for hydroxylation is 2. The maximum absolute atomic E-state index is 13.1. The summed E-state index contributed by atoms with van der Waals surface area (Å²) in [6.07, 6.45) is 4.53. The topological polar surface area (TPSA) is 58.6 Å². The molecule has 2 heterocycles. The Morgan fingerprint density at radius 1 is 1.11 bits per heavy atom. The minimum Gasteiger partial charge on any atom is -0.381 e. The number of nitrogens with zero attached hydrogens (tertiary/aromatic N) is 1. The number of rotatable bonds is 5. The van der Waals surface area contributed by atoms with Crippen LogP contribution in [0.5, 0.6) is 0 Å². The first-order valence-corrected chi connectivity index (χ1v) is 11.8. The molecular formula is C21H32N2O3S. The molecule has 1 aromatic carbocycles. The molecule has 27 heavy (non-hydrogen) atoms. The highest BCUT2D eigenvalue weighted by molar-refractivity contribution is 7.89. The average molecular weight is 393 g/mol. The van der Waals surface area contributed by atoms with Gasteiger partial charge in [-0.3, -0.25) is 0 Å². The van der Waals surface area contributed by atoms with Crippen molar-refractivity contribution in [1.82, 2.24) is 9.62 Å². The first kappa shape index (κ1) is 19.4. The van der Waals surface area contributed by atoms with E-state index in [1.807, 2.05) is 26.0 Å². The van der Waals surface area contributed by atoms with Crippen molar-refractivity contribution in [3.63, 3.8) is 0 Å². The van der Waals surface area contributed by atoms with Crippen molar-refractivity contribution in [2.45, 2.75) is 50.5 Å². The lowest BCUT2D eigenvalue weighted by Crippen LogP contribution is -2.36. The number of benzene rings is 1. The van der Waals surface area contributed by atoms with E-state index in [1.54, 1.807) is 10.4 Å². The normalized spacial score (nSPS) is 29.9. The van der Waals surface area contributed by atoms with E-state index in [2.05, 4.69) is 5.32 Å². The van der Waals surface area contributed by atoms with Crippen molar-refractivity contribution in [2.75, 3.05) is 32.8 Å². The van der Waals surface area contributed by atoms with Crippen LogP contribution >= 0.6 is 0 Å². The number of hydrogen-bond donors (Lipinski definition) is 1. The Balaban J connectivity index is 1.34. The van der Waals surface area contributed by atoms with Crippen LogP contribution in [0.2, 0.25) is 0 Å². The molecule has 2 aliphatic heterocycles. The maximum atomic E-state index is 13.1. The van der Waals surface area contributed by atoms with Gasteiger partial charge in [0.15, 0.2) is 0 Å². The minimum absolute atomic E-state index is 0.474. The van der Waals surface area contributed by atoms with Crippen LogP contribution in [0.4, 0.5) is 0 Å². The number of hydrogen-bond acceptors (Lipinski definition) is 4. The number of sulfonamides is 1. The van der Waals surface area contributed by atoms with Gasteiger partial charge in [0.1, 0.15) is 0 Å². The summed E-state index contributed by atoms with van der Waals surface area (Å²) in [6.45, 7) is 8.12. The molecule has 2 saturated heterocycles. The van der Waals surface area contributed by atoms with Gasteiger partial charge in [-0.1, -0.05) is 17.7 Å². The second kappa shape index (κ2) is 7.82. The molecule has 6 heteroatoms. The molecule has 2 atom stereocenters. The van der Waals surface area contributed by atoms with Crippen molar-refractivity contribution in [2.24, 2.45) is 17.8 Å². The van der Waals surface area contributed by atoms with Crippen LogP contribution in [0.1, 0.15) is 36.8 Å². The van der Waals surface area contributed by atoms with Crippen LogP contribution in [0.3, 0.4) is 0 Å². The van der Waals surface area contributed by atoms with Crippen LogP contribution < -0.4 is 5.32 Å². The van der Waals surface area contributed by atoms with Gasteiger partial charge < -0.3 is 10.1 Å². The van der Waals surface area contributed by atoms with Crippen LogP contribution in [0, 0.1) is 31.6 Å². The zero-order chi connectivity index (χ0) is 19.0. The second-order valence-corrected chi connectivity index (χ2v) is 10.6. The molecule has 5 nitrogen and oxygen atoms in total. The van der Waals surface area contributed by atoms with Gasteiger partial charge in [0.25, 0.3) is 0 Å². The first-order valence-electron chi connectivity index (χ1n) is 10.3. The van der Waals surface area contributed by atoms with Crippen molar-refractivity contribution in [1.29, 1.82) is 0 Å². The molecule has 3 aliphatic rings. The van der Waals surface area contributed by atoms with Gasteiger partial charge in [-0.05, 0) is 75.5 Å². The molecule has 0 radical (unpaired) electrons. The maximum Gasteiger partial charge on any atom is 0.243 e. The largest absolute Gasteiger partial charge is 0.381 e. The quantitative estimate of drug-likeness (QED) is 0.837. The Kier molecular flexibility index (Phi) is 5.61. The zero-order valence-corrected chi connectivity index (χ0v) is 17.3. The van der Waals surface area contributed by atoms with Crippen LogP contribution in [-0.4, -0.2) is 51.6 Å². The Hall–Kier alpha value is -0.950. The number of fused-ring (bicyclic) bond motifs is 1. The molecule has 0 amide bonds. The highest BCUT2D eigenvalue weighted by Crippen LogP contribution is 2.40. The van der Waals surface area contributed by atoms with E-state index in [-0.39, 0.29) is 0 Å². The summed E-state index contributed by atoms with van der Waals surface area (Å²) in [4.78, 5) is 0.474. The van der Waals surface area contributed by atoms with Gasteiger partial charge in [0.05, 0.1) is 4.90 Å². The third-order valence-corrected chi connectivity index (χ3v) is 8.69. The Morgan fingerprint density at radius 3 is 2.41 bits per heavy atom. The van der Waals surface area contributed by atoms with E-state index in [4.69, 9.17) is 4.74 Å². The minimum atomic E-state index is -3.38. The SMILES string of the molecule is Cc1ccc(S(=O)(=O)N2CC3CC(NCC4CCOCC4)CC3C2)c(C)c1. The third-order valence-electron chi connectivity index (χ3n) is 6.70. The summed E-state index contributed by atoms with van der Waals surface area (Å²) in [5, 5.41) is 3.76. The fraction of sp³-hybridized carbons (Fsp3) is 0.714. The van der Waals surface area contributed by atoms with E-state index < -0.39 is 10.0 Å². The van der Waals surface area contributed by atoms with E-state index in [0.29, 0.717) is 35.9 Å². The van der Waals surface area contributed by atoms with Crippen LogP contribution in [0.25, 0.3) is 0 Å². The lowest BCUT2D eigenvalue weighted by Gasteiger charge is -2.25. The molecule has 1 saturated carbocycles. The lowest BCUT2D eigenvalue weighted by molar-refractivity contribution is 0.0654. The Labute approximate surface area is 163 Å². The lowest BCUT2D eigenvalue weighted by atomic mass is 10.00. The summed E-state index contributed by atoms with van der Waals surface area (Å²) < 4.78 is 33.4. The Bertz CT molecular complexity index is 760. The standard InChI is InChI=1S/C21H32N2O3S/c1-15-3-4-21(16(2)9-15)27(24,25)23-13-18-10-20(11-19(18)14-23)22-12-17-5-7-26-8-6-17/h3-4,9,17-20,22H,5-8,10-14H2,1-2H3. The molecule has 2 unspecified atom stereocenters. The fourth-order valence-corrected chi connectivity index (χ4v) is 6.89. The zero-order valence-electron chi connectivity index (χ0n) is 16.5. The molecular weight excluding hydrogens is 360 g/mol. The summed E-state index contributed by atoms with van der Waals surface area (Å²) >= 11 is 0. The predicted octanol–water partition coefficient (Wildman–Crippen LogP) is 2.72. The van der Waals surface area contributed by atoms with Crippen molar-refractivity contribution >= 4 is 10.0 Å². The average Bonchev–Trinajstić information content (AvgIpc) is 3.19. The molecule has 0 bridgehead atoms. The molecule has 1 aliphatic carbocycles. The van der Waals surface area contributed by atoms with E-state index in [9.17, 15) is 8.42 Å². The number of nitrogens with one attached hydrogen (secondary N) is 1. The summed E-state index contributed by atoms with van der Waals surface area (Å²) in [7, 11) is -3.38. The molecule has 3 fully saturated rings. The van der Waals surface area contributed by atoms with Crippen LogP contribution in [0.15, 0.2) is 23.1 Å². The van der Waals surface area contributed by atoms with Crippen LogP contribution in [-0.2, 0) is 14.8 Å². The first-order chi connectivity index (χ1) is 12.9. The van der Waals surface area contributed by atoms with E-state index in [1.165, 1.54) is 0 Å². The highest BCUT2D eigenvalue weighted by atomic mass is 32.2. The number of ether oxygens (including phenoxy) is 1. The van der Waals surface area contributed by atoms with Gasteiger partial charge >= 0.3 is 0 Å². The highest BCUT2D eigenvalue weighted by Gasteiger charge is 2.45. The summed E-state index contributed by atoms with van der Waals surface area (Å²) in [5.74, 6) is 1.73. The van der Waals surface area contributed by atoms with Gasteiger partial charge in [-0.2, -0.15) is 4.31 Å². The van der Waals surface area contributed by atoms with Crippen molar-refractivity contribution in [3.05, 3.63) is 29.3 Å². The third kappa shape index (κ3) is 4.09. The van der Waals surface area contributed by atoms with E-state index in [0.717, 1.165) is 62.5 Å². The van der Waals surface area contributed by atoms with Gasteiger partial charge in [-0.15, -0.1) is 0 Å². The predicted molar refractivity (Wildman–Crippen MR) is 106 cm³/mol. The molecule has 1 aromatic rings. The molecule has 4 rings (SSSR count). The van der Waals surface area contributed by atoms with Gasteiger partial charge in [0.2, 0.25) is 10.0 Å². The smallest absolute Gasteiger partial charge is 0.243 e. The molecule has 0 spiro atoms. The molecule has 1 N–H and O–H groups in total. The fourth-order valence-electron chi connectivity index (χ4n) is 5.13. The van der Waals surface area contributed by atoms with Crippen molar-refractivity contribution in [3.8, 4) is 0 Å². The summed E-state index contributed by atoms with van der Waals surface area (Å²) in [6, 6.07) is 6.17.